The maximum absolute atomic E-state index is 12.9. The Morgan fingerprint density at radius 1 is 1.13 bits per heavy atom. The molecule has 31 heavy (non-hydrogen) atoms. The zero-order chi connectivity index (χ0) is 21.5. The summed E-state index contributed by atoms with van der Waals surface area (Å²) in [5.74, 6) is 1.38. The minimum absolute atomic E-state index is 0.208. The summed E-state index contributed by atoms with van der Waals surface area (Å²) in [4.78, 5) is 24.5. The van der Waals surface area contributed by atoms with Crippen LogP contribution >= 0.6 is 22.9 Å². The molecule has 2 aromatic carbocycles. The van der Waals surface area contributed by atoms with E-state index in [4.69, 9.17) is 16.6 Å². The van der Waals surface area contributed by atoms with Gasteiger partial charge in [-0.25, -0.2) is 9.97 Å². The molecular weight excluding hydrogens is 430 g/mol. The Morgan fingerprint density at radius 3 is 2.74 bits per heavy atom. The van der Waals surface area contributed by atoms with Gasteiger partial charge in [0.25, 0.3) is 0 Å². The van der Waals surface area contributed by atoms with Crippen molar-refractivity contribution in [2.75, 3.05) is 25.5 Å². The number of Topliss-reactive ketones (excluding diaryl/α,β-unsaturated/α-hetero) is 1. The Kier molecular flexibility index (Phi) is 5.42. The van der Waals surface area contributed by atoms with Gasteiger partial charge in [0.15, 0.2) is 10.9 Å². The van der Waals surface area contributed by atoms with Gasteiger partial charge in [0.05, 0.1) is 21.3 Å². The van der Waals surface area contributed by atoms with E-state index < -0.39 is 0 Å². The van der Waals surface area contributed by atoms with Crippen molar-refractivity contribution >= 4 is 61.1 Å². The van der Waals surface area contributed by atoms with E-state index in [0.29, 0.717) is 23.3 Å². The van der Waals surface area contributed by atoms with E-state index in [1.165, 1.54) is 11.3 Å². The van der Waals surface area contributed by atoms with Crippen molar-refractivity contribution in [1.82, 2.24) is 19.4 Å². The fourth-order valence-electron chi connectivity index (χ4n) is 4.18. The van der Waals surface area contributed by atoms with Gasteiger partial charge in [0.2, 0.25) is 5.95 Å². The van der Waals surface area contributed by atoms with Crippen LogP contribution in [0.1, 0.15) is 29.6 Å². The Morgan fingerprint density at radius 2 is 1.94 bits per heavy atom. The van der Waals surface area contributed by atoms with E-state index in [2.05, 4.69) is 22.2 Å². The number of aryl methyl sites for hydroxylation is 1. The Hall–Kier alpha value is -2.48. The SMILES string of the molecule is CN1CCC(CC(=O)c2ccc3c(c2)nc(Nc2nc4ccc(Cl)cc4s2)n3C)CC1. The highest BCUT2D eigenvalue weighted by Crippen LogP contribution is 2.31. The second-order valence-corrected chi connectivity index (χ2v) is 9.80. The Balaban J connectivity index is 1.36. The molecule has 4 aromatic rings. The predicted octanol–water partition coefficient (Wildman–Crippen LogP) is 5.49. The van der Waals surface area contributed by atoms with Crippen LogP contribution < -0.4 is 5.32 Å². The zero-order valence-electron chi connectivity index (χ0n) is 17.6. The van der Waals surface area contributed by atoms with Crippen LogP contribution in [0.4, 0.5) is 11.1 Å². The normalized spacial score (nSPS) is 15.7. The number of hydrogen-bond donors (Lipinski definition) is 1. The second-order valence-electron chi connectivity index (χ2n) is 8.33. The summed E-state index contributed by atoms with van der Waals surface area (Å²) in [7, 11) is 4.10. The van der Waals surface area contributed by atoms with Crippen LogP contribution in [0.5, 0.6) is 0 Å². The number of piperidine rings is 1. The molecule has 1 saturated heterocycles. The largest absolute Gasteiger partial charge is 0.313 e. The molecule has 1 N–H and O–H groups in total. The lowest BCUT2D eigenvalue weighted by Gasteiger charge is -2.28. The Bertz CT molecular complexity index is 1270. The predicted molar refractivity (Wildman–Crippen MR) is 128 cm³/mol. The van der Waals surface area contributed by atoms with Crippen molar-refractivity contribution in [2.24, 2.45) is 13.0 Å². The number of carbonyl (C=O) groups is 1. The van der Waals surface area contributed by atoms with Crippen molar-refractivity contribution in [3.8, 4) is 0 Å². The number of ketones is 1. The highest BCUT2D eigenvalue weighted by Gasteiger charge is 2.21. The highest BCUT2D eigenvalue weighted by molar-refractivity contribution is 7.22. The third kappa shape index (κ3) is 4.18. The number of anilines is 2. The molecule has 6 nitrogen and oxygen atoms in total. The number of nitrogens with one attached hydrogen (secondary N) is 1. The molecular formula is C23H24ClN5OS. The van der Waals surface area contributed by atoms with Crippen molar-refractivity contribution in [1.29, 1.82) is 0 Å². The number of benzene rings is 2. The number of hydrogen-bond acceptors (Lipinski definition) is 6. The van der Waals surface area contributed by atoms with Gasteiger partial charge in [-0.1, -0.05) is 22.9 Å². The van der Waals surface area contributed by atoms with E-state index in [9.17, 15) is 4.79 Å². The standard InChI is InChI=1S/C23H24ClN5OS/c1-28-9-7-14(8-10-28)11-20(30)15-3-6-19-18(12-15)25-22(29(19)2)27-23-26-17-5-4-16(24)13-21(17)31-23/h3-6,12-14H,7-11H2,1-2H3,(H,25,26,27). The van der Waals surface area contributed by atoms with Gasteiger partial charge < -0.3 is 14.8 Å². The van der Waals surface area contributed by atoms with Crippen LogP contribution in [-0.4, -0.2) is 45.4 Å². The smallest absolute Gasteiger partial charge is 0.209 e. The van der Waals surface area contributed by atoms with Gasteiger partial charge >= 0.3 is 0 Å². The molecule has 1 aliphatic rings. The maximum Gasteiger partial charge on any atom is 0.209 e. The first-order valence-corrected chi connectivity index (χ1v) is 11.7. The summed E-state index contributed by atoms with van der Waals surface area (Å²) in [5.41, 5.74) is 3.43. The first-order chi connectivity index (χ1) is 15.0. The summed E-state index contributed by atoms with van der Waals surface area (Å²) < 4.78 is 3.01. The number of imidazole rings is 1. The number of nitrogens with zero attached hydrogens (tertiary/aromatic N) is 4. The highest BCUT2D eigenvalue weighted by atomic mass is 35.5. The minimum Gasteiger partial charge on any atom is -0.313 e. The quantitative estimate of drug-likeness (QED) is 0.404. The van der Waals surface area contributed by atoms with Crippen molar-refractivity contribution in [3.05, 3.63) is 47.0 Å². The second kappa shape index (κ2) is 8.22. The lowest BCUT2D eigenvalue weighted by molar-refractivity contribution is 0.0936. The van der Waals surface area contributed by atoms with Gasteiger partial charge in [-0.2, -0.15) is 0 Å². The van der Waals surface area contributed by atoms with E-state index in [-0.39, 0.29) is 5.78 Å². The van der Waals surface area contributed by atoms with Gasteiger partial charge in [0.1, 0.15) is 0 Å². The number of fused-ring (bicyclic) bond motifs is 2. The number of aromatic nitrogens is 3. The third-order valence-corrected chi connectivity index (χ3v) is 7.25. The molecule has 0 saturated carbocycles. The third-order valence-electron chi connectivity index (χ3n) is 6.08. The lowest BCUT2D eigenvalue weighted by atomic mass is 9.90. The number of thiazole rings is 1. The van der Waals surface area contributed by atoms with Crippen LogP contribution in [0.25, 0.3) is 21.3 Å². The molecule has 1 fully saturated rings. The number of halogens is 1. The summed E-state index contributed by atoms with van der Waals surface area (Å²) in [6.07, 6.45) is 2.80. The molecule has 0 spiro atoms. The molecule has 160 valence electrons. The van der Waals surface area contributed by atoms with Crippen LogP contribution in [0.2, 0.25) is 5.02 Å². The molecule has 3 heterocycles. The Labute approximate surface area is 189 Å². The van der Waals surface area contributed by atoms with E-state index in [1.54, 1.807) is 0 Å². The fourth-order valence-corrected chi connectivity index (χ4v) is 5.31. The van der Waals surface area contributed by atoms with Crippen LogP contribution in [-0.2, 0) is 7.05 Å². The summed E-state index contributed by atoms with van der Waals surface area (Å²) in [6, 6.07) is 11.5. The minimum atomic E-state index is 0.208. The topological polar surface area (TPSA) is 63.1 Å². The van der Waals surface area contributed by atoms with Crippen molar-refractivity contribution in [3.63, 3.8) is 0 Å². The molecule has 0 aliphatic carbocycles. The number of likely N-dealkylation sites (tertiary alicyclic amines) is 1. The molecule has 2 aromatic heterocycles. The van der Waals surface area contributed by atoms with Gasteiger partial charge in [-0.3, -0.25) is 4.79 Å². The maximum atomic E-state index is 12.9. The summed E-state index contributed by atoms with van der Waals surface area (Å²) >= 11 is 7.62. The molecule has 0 radical (unpaired) electrons. The molecule has 0 unspecified atom stereocenters. The summed E-state index contributed by atoms with van der Waals surface area (Å²) in [5, 5.41) is 4.77. The summed E-state index contributed by atoms with van der Waals surface area (Å²) in [6.45, 7) is 2.15. The average Bonchev–Trinajstić information content (AvgIpc) is 3.29. The van der Waals surface area contributed by atoms with Gasteiger partial charge in [-0.05, 0) is 75.3 Å². The van der Waals surface area contributed by atoms with E-state index in [1.807, 2.05) is 48.0 Å². The fraction of sp³-hybridized carbons (Fsp3) is 0.348. The lowest BCUT2D eigenvalue weighted by Crippen LogP contribution is -2.31. The molecule has 8 heteroatoms. The molecule has 0 bridgehead atoms. The molecule has 5 rings (SSSR count). The van der Waals surface area contributed by atoms with Crippen molar-refractivity contribution < 1.29 is 4.79 Å². The van der Waals surface area contributed by atoms with Gasteiger partial charge in [-0.15, -0.1) is 0 Å². The van der Waals surface area contributed by atoms with Crippen LogP contribution in [0, 0.1) is 5.92 Å². The van der Waals surface area contributed by atoms with Crippen LogP contribution in [0.15, 0.2) is 36.4 Å². The van der Waals surface area contributed by atoms with Crippen molar-refractivity contribution in [2.45, 2.75) is 19.3 Å². The van der Waals surface area contributed by atoms with Crippen LogP contribution in [0.3, 0.4) is 0 Å². The van der Waals surface area contributed by atoms with E-state index >= 15 is 0 Å². The first kappa shape index (κ1) is 20.4. The molecule has 0 atom stereocenters. The zero-order valence-corrected chi connectivity index (χ0v) is 19.1. The molecule has 0 amide bonds. The van der Waals surface area contributed by atoms with E-state index in [0.717, 1.165) is 57.9 Å². The number of rotatable bonds is 5. The molecule has 1 aliphatic heterocycles. The number of carbonyl (C=O) groups excluding carboxylic acids is 1. The monoisotopic (exact) mass is 453 g/mol. The average molecular weight is 454 g/mol. The first-order valence-electron chi connectivity index (χ1n) is 10.5. The van der Waals surface area contributed by atoms with Gasteiger partial charge in [0, 0.05) is 24.1 Å².